The maximum atomic E-state index is 5.57. The Hall–Kier alpha value is -2.86. The van der Waals surface area contributed by atoms with Crippen LogP contribution >= 0.6 is 0 Å². The van der Waals surface area contributed by atoms with Gasteiger partial charge in [0.2, 0.25) is 0 Å². The zero-order valence-corrected chi connectivity index (χ0v) is 11.5. The molecule has 0 radical (unpaired) electrons. The van der Waals surface area contributed by atoms with Gasteiger partial charge in [-0.25, -0.2) is 20.8 Å². The Morgan fingerprint density at radius 1 is 1.05 bits per heavy atom. The van der Waals surface area contributed by atoms with E-state index in [1.54, 1.807) is 18.6 Å². The molecule has 21 heavy (non-hydrogen) atoms. The molecule has 0 unspecified atom stereocenters. The highest BCUT2D eigenvalue weighted by molar-refractivity contribution is 5.70. The van der Waals surface area contributed by atoms with E-state index >= 15 is 0 Å². The first-order valence-corrected chi connectivity index (χ1v) is 6.46. The lowest BCUT2D eigenvalue weighted by Crippen LogP contribution is -2.12. The van der Waals surface area contributed by atoms with E-state index in [1.807, 2.05) is 37.3 Å². The summed E-state index contributed by atoms with van der Waals surface area (Å²) < 4.78 is 0. The third-order valence-electron chi connectivity index (χ3n) is 3.12. The number of nitrogens with two attached hydrogens (primary N) is 1. The van der Waals surface area contributed by atoms with Crippen LogP contribution in [-0.2, 0) is 0 Å². The summed E-state index contributed by atoms with van der Waals surface area (Å²) in [5.74, 6) is 6.63. The van der Waals surface area contributed by atoms with Gasteiger partial charge in [0.15, 0.2) is 5.82 Å². The molecule has 0 saturated carbocycles. The van der Waals surface area contributed by atoms with Crippen LogP contribution in [0.1, 0.15) is 5.56 Å². The van der Waals surface area contributed by atoms with E-state index in [9.17, 15) is 0 Å². The third kappa shape index (κ3) is 2.56. The van der Waals surface area contributed by atoms with Crippen LogP contribution in [0.2, 0.25) is 0 Å². The first-order chi connectivity index (χ1) is 10.3. The van der Waals surface area contributed by atoms with E-state index in [4.69, 9.17) is 5.84 Å². The Bertz CT molecular complexity index is 743. The van der Waals surface area contributed by atoms with Gasteiger partial charge in [0.1, 0.15) is 11.5 Å². The minimum Gasteiger partial charge on any atom is -0.308 e. The third-order valence-corrected chi connectivity index (χ3v) is 3.12. The summed E-state index contributed by atoms with van der Waals surface area (Å²) >= 11 is 0. The quantitative estimate of drug-likeness (QED) is 0.564. The molecule has 0 aliphatic heterocycles. The van der Waals surface area contributed by atoms with Crippen molar-refractivity contribution in [3.8, 4) is 22.8 Å². The molecule has 0 aliphatic rings. The van der Waals surface area contributed by atoms with Gasteiger partial charge in [-0.2, -0.15) is 0 Å². The van der Waals surface area contributed by atoms with Gasteiger partial charge in [-0.05, 0) is 6.92 Å². The fourth-order valence-electron chi connectivity index (χ4n) is 2.06. The molecule has 0 fully saturated rings. The maximum Gasteiger partial charge on any atom is 0.182 e. The van der Waals surface area contributed by atoms with Crippen LogP contribution in [0.5, 0.6) is 0 Å². The number of nitrogen functional groups attached to an aromatic ring is 1. The van der Waals surface area contributed by atoms with Crippen LogP contribution in [0.3, 0.4) is 0 Å². The molecular weight excluding hydrogens is 264 g/mol. The van der Waals surface area contributed by atoms with Crippen molar-refractivity contribution in [1.82, 2.24) is 19.9 Å². The molecule has 0 aliphatic carbocycles. The number of hydrazine groups is 1. The topological polar surface area (TPSA) is 89.6 Å². The fraction of sp³-hybridized carbons (Fsp3) is 0.0667. The molecular formula is C15H14N6. The molecule has 0 amide bonds. The van der Waals surface area contributed by atoms with E-state index < -0.39 is 0 Å². The molecule has 2 heterocycles. The maximum absolute atomic E-state index is 5.57. The molecule has 0 atom stereocenters. The number of rotatable bonds is 3. The number of hydrogen-bond acceptors (Lipinski definition) is 6. The van der Waals surface area contributed by atoms with Gasteiger partial charge in [0.25, 0.3) is 0 Å². The van der Waals surface area contributed by atoms with Crippen molar-refractivity contribution in [1.29, 1.82) is 0 Å². The van der Waals surface area contributed by atoms with E-state index in [0.717, 1.165) is 16.8 Å². The highest BCUT2D eigenvalue weighted by Crippen LogP contribution is 2.27. The second-order valence-corrected chi connectivity index (χ2v) is 4.47. The number of anilines is 1. The largest absolute Gasteiger partial charge is 0.308 e. The highest BCUT2D eigenvalue weighted by atomic mass is 15.3. The zero-order valence-electron chi connectivity index (χ0n) is 11.5. The van der Waals surface area contributed by atoms with Gasteiger partial charge in [0, 0.05) is 23.5 Å². The van der Waals surface area contributed by atoms with Crippen LogP contribution in [0.25, 0.3) is 22.8 Å². The Morgan fingerprint density at radius 2 is 1.86 bits per heavy atom. The van der Waals surface area contributed by atoms with Crippen molar-refractivity contribution >= 4 is 5.82 Å². The summed E-state index contributed by atoms with van der Waals surface area (Å²) in [6, 6.07) is 9.89. The lowest BCUT2D eigenvalue weighted by Gasteiger charge is -2.11. The Labute approximate surface area is 122 Å². The van der Waals surface area contributed by atoms with Crippen molar-refractivity contribution in [2.75, 3.05) is 5.43 Å². The minimum absolute atomic E-state index is 0.487. The predicted octanol–water partition coefficient (Wildman–Crippen LogP) is 2.19. The van der Waals surface area contributed by atoms with Crippen LogP contribution in [0.15, 0.2) is 48.9 Å². The van der Waals surface area contributed by atoms with Gasteiger partial charge < -0.3 is 5.43 Å². The first kappa shape index (κ1) is 13.1. The lowest BCUT2D eigenvalue weighted by atomic mass is 10.1. The molecule has 0 spiro atoms. The van der Waals surface area contributed by atoms with Gasteiger partial charge in [-0.3, -0.25) is 4.98 Å². The standard InChI is InChI=1S/C15H14N6/c1-10-13(11-5-3-2-4-6-11)19-15(20-14(10)21-16)12-9-17-7-8-18-12/h2-9H,16H2,1H3,(H,19,20,21). The Morgan fingerprint density at radius 3 is 2.52 bits per heavy atom. The molecule has 0 saturated heterocycles. The van der Waals surface area contributed by atoms with Crippen molar-refractivity contribution in [2.24, 2.45) is 5.84 Å². The van der Waals surface area contributed by atoms with E-state index in [2.05, 4.69) is 25.4 Å². The number of aromatic nitrogens is 4. The van der Waals surface area contributed by atoms with Crippen molar-refractivity contribution in [2.45, 2.75) is 6.92 Å². The fourth-order valence-corrected chi connectivity index (χ4v) is 2.06. The SMILES string of the molecule is Cc1c(NN)nc(-c2cnccn2)nc1-c1ccccc1. The van der Waals surface area contributed by atoms with Gasteiger partial charge in [0.05, 0.1) is 11.9 Å². The van der Waals surface area contributed by atoms with Crippen LogP contribution in [0.4, 0.5) is 5.82 Å². The van der Waals surface area contributed by atoms with Gasteiger partial charge >= 0.3 is 0 Å². The number of nitrogens with zero attached hydrogens (tertiary/aromatic N) is 4. The van der Waals surface area contributed by atoms with Crippen LogP contribution in [0, 0.1) is 6.92 Å². The summed E-state index contributed by atoms with van der Waals surface area (Å²) in [6.07, 6.45) is 4.84. The zero-order chi connectivity index (χ0) is 14.7. The molecule has 1 aromatic carbocycles. The van der Waals surface area contributed by atoms with Crippen molar-refractivity contribution in [3.63, 3.8) is 0 Å². The second-order valence-electron chi connectivity index (χ2n) is 4.47. The predicted molar refractivity (Wildman–Crippen MR) is 81.0 cm³/mol. The molecule has 0 bridgehead atoms. The van der Waals surface area contributed by atoms with E-state index in [1.165, 1.54) is 0 Å². The summed E-state index contributed by atoms with van der Waals surface area (Å²) in [4.78, 5) is 17.3. The monoisotopic (exact) mass is 278 g/mol. The minimum atomic E-state index is 0.487. The lowest BCUT2D eigenvalue weighted by molar-refractivity contribution is 1.08. The average molecular weight is 278 g/mol. The molecule has 6 nitrogen and oxygen atoms in total. The van der Waals surface area contributed by atoms with Crippen molar-refractivity contribution in [3.05, 3.63) is 54.5 Å². The van der Waals surface area contributed by atoms with Crippen LogP contribution < -0.4 is 11.3 Å². The Balaban J connectivity index is 2.21. The Kier molecular flexibility index (Phi) is 3.53. The molecule has 3 N–H and O–H groups in total. The highest BCUT2D eigenvalue weighted by Gasteiger charge is 2.13. The molecule has 2 aromatic heterocycles. The second kappa shape index (κ2) is 5.64. The summed E-state index contributed by atoms with van der Waals surface area (Å²) in [7, 11) is 0. The summed E-state index contributed by atoms with van der Waals surface area (Å²) in [5.41, 5.74) is 5.92. The molecule has 6 heteroatoms. The molecule has 104 valence electrons. The van der Waals surface area contributed by atoms with E-state index in [-0.39, 0.29) is 0 Å². The van der Waals surface area contributed by atoms with Gasteiger partial charge in [-0.15, -0.1) is 0 Å². The first-order valence-electron chi connectivity index (χ1n) is 6.46. The number of hydrogen-bond donors (Lipinski definition) is 2. The number of benzene rings is 1. The van der Waals surface area contributed by atoms with E-state index in [0.29, 0.717) is 17.3 Å². The van der Waals surface area contributed by atoms with Gasteiger partial charge in [-0.1, -0.05) is 30.3 Å². The normalized spacial score (nSPS) is 10.4. The summed E-state index contributed by atoms with van der Waals surface area (Å²) in [5, 5.41) is 0. The molecule has 3 aromatic rings. The number of nitrogens with one attached hydrogen (secondary N) is 1. The molecule has 3 rings (SSSR count). The summed E-state index contributed by atoms with van der Waals surface area (Å²) in [6.45, 7) is 1.93. The van der Waals surface area contributed by atoms with Crippen LogP contribution in [-0.4, -0.2) is 19.9 Å². The van der Waals surface area contributed by atoms with Crippen molar-refractivity contribution < 1.29 is 0 Å². The smallest absolute Gasteiger partial charge is 0.182 e. The average Bonchev–Trinajstić information content (AvgIpc) is 2.56.